The van der Waals surface area contributed by atoms with E-state index in [0.29, 0.717) is 6.54 Å². The largest absolute Gasteiger partial charge is 0.330 e. The zero-order chi connectivity index (χ0) is 17.9. The van der Waals surface area contributed by atoms with Crippen LogP contribution in [0.5, 0.6) is 0 Å². The molecule has 0 saturated heterocycles. The molecule has 130 valence electrons. The molecule has 0 atom stereocenters. The van der Waals surface area contributed by atoms with Gasteiger partial charge < -0.3 is 10.1 Å². The summed E-state index contributed by atoms with van der Waals surface area (Å²) in [4.78, 5) is 4.90. The number of benzene rings is 2. The van der Waals surface area contributed by atoms with Crippen molar-refractivity contribution in [1.82, 2.24) is 9.38 Å². The monoisotopic (exact) mass is 341 g/mol. The highest BCUT2D eigenvalue weighted by Gasteiger charge is 2.14. The molecule has 0 radical (unpaired) electrons. The van der Waals surface area contributed by atoms with E-state index in [1.165, 1.54) is 22.4 Å². The molecule has 4 aromatic rings. The number of rotatable bonds is 5. The Balaban J connectivity index is 1.78. The van der Waals surface area contributed by atoms with Gasteiger partial charge in [0.05, 0.1) is 11.4 Å². The number of nitrogens with zero attached hydrogens (tertiary/aromatic N) is 2. The third-order valence-electron chi connectivity index (χ3n) is 4.75. The van der Waals surface area contributed by atoms with Crippen LogP contribution in [0.4, 0.5) is 0 Å². The molecule has 3 heteroatoms. The zero-order valence-corrected chi connectivity index (χ0v) is 15.0. The molecule has 0 unspecified atom stereocenters. The topological polar surface area (TPSA) is 43.3 Å². The lowest BCUT2D eigenvalue weighted by atomic mass is 10.0. The summed E-state index contributed by atoms with van der Waals surface area (Å²) in [6, 6.07) is 23.3. The van der Waals surface area contributed by atoms with Gasteiger partial charge in [-0.25, -0.2) is 4.98 Å². The van der Waals surface area contributed by atoms with Gasteiger partial charge >= 0.3 is 0 Å². The lowest BCUT2D eigenvalue weighted by molar-refractivity contribution is 0.803. The minimum atomic E-state index is 0.686. The standard InChI is InChI=1S/C23H23N3/c1-17-9-14-22-25-23(21(8-5-15-24)26(22)16-17)20-12-10-19(11-13-20)18-6-3-2-4-7-18/h2-4,6-7,9-14,16H,5,8,15,24H2,1H3. The maximum atomic E-state index is 5.76. The summed E-state index contributed by atoms with van der Waals surface area (Å²) < 4.78 is 2.21. The molecule has 26 heavy (non-hydrogen) atoms. The van der Waals surface area contributed by atoms with Crippen molar-refractivity contribution in [2.75, 3.05) is 6.54 Å². The molecule has 0 bridgehead atoms. The number of pyridine rings is 1. The molecule has 0 aliphatic rings. The molecular weight excluding hydrogens is 318 g/mol. The predicted molar refractivity (Wildman–Crippen MR) is 108 cm³/mol. The second-order valence-corrected chi connectivity index (χ2v) is 6.68. The van der Waals surface area contributed by atoms with Crippen LogP contribution in [-0.2, 0) is 6.42 Å². The average molecular weight is 341 g/mol. The van der Waals surface area contributed by atoms with E-state index in [9.17, 15) is 0 Å². The minimum absolute atomic E-state index is 0.686. The average Bonchev–Trinajstić information content (AvgIpc) is 3.05. The third-order valence-corrected chi connectivity index (χ3v) is 4.75. The predicted octanol–water partition coefficient (Wildman–Crippen LogP) is 4.87. The fraction of sp³-hybridized carbons (Fsp3) is 0.174. The first-order valence-electron chi connectivity index (χ1n) is 9.10. The van der Waals surface area contributed by atoms with Gasteiger partial charge in [0.1, 0.15) is 5.65 Å². The lowest BCUT2D eigenvalue weighted by Crippen LogP contribution is -2.03. The minimum Gasteiger partial charge on any atom is -0.330 e. The first-order valence-corrected chi connectivity index (χ1v) is 9.10. The van der Waals surface area contributed by atoms with Crippen molar-refractivity contribution in [3.8, 4) is 22.4 Å². The Kier molecular flexibility index (Phi) is 4.55. The molecule has 2 aromatic heterocycles. The maximum absolute atomic E-state index is 5.76. The van der Waals surface area contributed by atoms with Gasteiger partial charge in [0.15, 0.2) is 0 Å². The molecular formula is C23H23N3. The number of fused-ring (bicyclic) bond motifs is 1. The number of aromatic nitrogens is 2. The second kappa shape index (κ2) is 7.14. The van der Waals surface area contributed by atoms with Gasteiger partial charge in [-0.05, 0) is 49.1 Å². The van der Waals surface area contributed by atoms with Crippen LogP contribution >= 0.6 is 0 Å². The van der Waals surface area contributed by atoms with Crippen LogP contribution in [0.15, 0.2) is 72.9 Å². The van der Waals surface area contributed by atoms with Gasteiger partial charge in [-0.1, -0.05) is 60.7 Å². The van der Waals surface area contributed by atoms with Gasteiger partial charge in [-0.2, -0.15) is 0 Å². The summed E-state index contributed by atoms with van der Waals surface area (Å²) in [5, 5.41) is 0. The normalized spacial score (nSPS) is 11.2. The summed E-state index contributed by atoms with van der Waals surface area (Å²) in [5.74, 6) is 0. The Hall–Kier alpha value is -2.91. The van der Waals surface area contributed by atoms with Gasteiger partial charge in [0.25, 0.3) is 0 Å². The highest BCUT2D eigenvalue weighted by molar-refractivity contribution is 5.71. The van der Waals surface area contributed by atoms with Crippen LogP contribution < -0.4 is 5.73 Å². The van der Waals surface area contributed by atoms with Crippen LogP contribution in [0.2, 0.25) is 0 Å². The second-order valence-electron chi connectivity index (χ2n) is 6.68. The highest BCUT2D eigenvalue weighted by Crippen LogP contribution is 2.28. The highest BCUT2D eigenvalue weighted by atomic mass is 15.0. The molecule has 3 nitrogen and oxygen atoms in total. The van der Waals surface area contributed by atoms with Crippen molar-refractivity contribution in [2.24, 2.45) is 5.73 Å². The third kappa shape index (κ3) is 3.14. The molecule has 2 N–H and O–H groups in total. The molecule has 2 aromatic carbocycles. The Morgan fingerprint density at radius 3 is 2.27 bits per heavy atom. The van der Waals surface area contributed by atoms with Crippen molar-refractivity contribution < 1.29 is 0 Å². The Labute approximate surface area is 154 Å². The SMILES string of the molecule is Cc1ccc2nc(-c3ccc(-c4ccccc4)cc3)c(CCCN)n2c1. The number of hydrogen-bond acceptors (Lipinski definition) is 2. The number of nitrogens with two attached hydrogens (primary N) is 1. The van der Waals surface area contributed by atoms with Crippen molar-refractivity contribution >= 4 is 5.65 Å². The van der Waals surface area contributed by atoms with E-state index in [4.69, 9.17) is 10.7 Å². The zero-order valence-electron chi connectivity index (χ0n) is 15.0. The van der Waals surface area contributed by atoms with Crippen LogP contribution in [0, 0.1) is 6.92 Å². The number of aryl methyl sites for hydroxylation is 2. The number of hydrogen-bond donors (Lipinski definition) is 1. The van der Waals surface area contributed by atoms with Crippen LogP contribution in [0.3, 0.4) is 0 Å². The number of imidazole rings is 1. The van der Waals surface area contributed by atoms with E-state index in [1.54, 1.807) is 0 Å². The Morgan fingerprint density at radius 1 is 0.846 bits per heavy atom. The smallest absolute Gasteiger partial charge is 0.137 e. The molecule has 0 spiro atoms. The molecule has 0 aliphatic carbocycles. The lowest BCUT2D eigenvalue weighted by Gasteiger charge is -2.07. The summed E-state index contributed by atoms with van der Waals surface area (Å²) in [7, 11) is 0. The summed E-state index contributed by atoms with van der Waals surface area (Å²) >= 11 is 0. The first-order chi connectivity index (χ1) is 12.8. The molecule has 4 rings (SSSR count). The van der Waals surface area contributed by atoms with E-state index in [0.717, 1.165) is 29.7 Å². The summed E-state index contributed by atoms with van der Waals surface area (Å²) in [6.07, 6.45) is 4.05. The van der Waals surface area contributed by atoms with Gasteiger partial charge in [-0.3, -0.25) is 0 Å². The fourth-order valence-electron chi connectivity index (χ4n) is 3.39. The molecule has 0 fully saturated rings. The molecule has 0 aliphatic heterocycles. The maximum Gasteiger partial charge on any atom is 0.137 e. The van der Waals surface area contributed by atoms with Crippen LogP contribution in [0.25, 0.3) is 28.0 Å². The van der Waals surface area contributed by atoms with Crippen molar-refractivity contribution in [3.63, 3.8) is 0 Å². The van der Waals surface area contributed by atoms with Crippen molar-refractivity contribution in [3.05, 3.63) is 84.2 Å². The van der Waals surface area contributed by atoms with Crippen molar-refractivity contribution in [2.45, 2.75) is 19.8 Å². The van der Waals surface area contributed by atoms with Crippen molar-refractivity contribution in [1.29, 1.82) is 0 Å². The van der Waals surface area contributed by atoms with E-state index in [1.807, 2.05) is 6.07 Å². The van der Waals surface area contributed by atoms with Gasteiger partial charge in [-0.15, -0.1) is 0 Å². The summed E-state index contributed by atoms with van der Waals surface area (Å²) in [6.45, 7) is 2.80. The quantitative estimate of drug-likeness (QED) is 0.563. The van der Waals surface area contributed by atoms with E-state index in [2.05, 4.69) is 78.2 Å². The molecule has 0 saturated carbocycles. The molecule has 0 amide bonds. The fourth-order valence-corrected chi connectivity index (χ4v) is 3.39. The van der Waals surface area contributed by atoms with E-state index >= 15 is 0 Å². The summed E-state index contributed by atoms with van der Waals surface area (Å²) in [5.41, 5.74) is 13.9. The van der Waals surface area contributed by atoms with E-state index < -0.39 is 0 Å². The van der Waals surface area contributed by atoms with Gasteiger partial charge in [0.2, 0.25) is 0 Å². The first kappa shape index (κ1) is 16.6. The Bertz CT molecular complexity index is 1010. The molecule has 2 heterocycles. The van der Waals surface area contributed by atoms with Crippen LogP contribution in [-0.4, -0.2) is 15.9 Å². The van der Waals surface area contributed by atoms with Crippen LogP contribution in [0.1, 0.15) is 17.7 Å². The van der Waals surface area contributed by atoms with Gasteiger partial charge in [0, 0.05) is 11.8 Å². The Morgan fingerprint density at radius 2 is 1.54 bits per heavy atom. The van der Waals surface area contributed by atoms with E-state index in [-0.39, 0.29) is 0 Å².